The van der Waals surface area contributed by atoms with Crippen molar-refractivity contribution in [2.75, 3.05) is 11.9 Å². The van der Waals surface area contributed by atoms with Crippen molar-refractivity contribution in [3.05, 3.63) is 84.4 Å². The van der Waals surface area contributed by atoms with Crippen molar-refractivity contribution >= 4 is 28.4 Å². The van der Waals surface area contributed by atoms with Crippen LogP contribution in [0.3, 0.4) is 0 Å². The van der Waals surface area contributed by atoms with Gasteiger partial charge in [-0.1, -0.05) is 54.6 Å². The fourth-order valence-corrected chi connectivity index (χ4v) is 5.27. The van der Waals surface area contributed by atoms with E-state index in [2.05, 4.69) is 68.3 Å². The van der Waals surface area contributed by atoms with Crippen LogP contribution in [0.15, 0.2) is 83.9 Å². The van der Waals surface area contributed by atoms with E-state index in [1.54, 1.807) is 6.07 Å². The van der Waals surface area contributed by atoms with Crippen molar-refractivity contribution in [1.29, 1.82) is 0 Å². The summed E-state index contributed by atoms with van der Waals surface area (Å²) in [6, 6.07) is 26.1. The van der Waals surface area contributed by atoms with Gasteiger partial charge in [-0.15, -0.1) is 0 Å². The van der Waals surface area contributed by atoms with Crippen LogP contribution in [0.5, 0.6) is 11.5 Å². The van der Waals surface area contributed by atoms with Gasteiger partial charge in [-0.2, -0.15) is 0 Å². The molecule has 0 bridgehead atoms. The van der Waals surface area contributed by atoms with Crippen LogP contribution in [0, 0.1) is 0 Å². The van der Waals surface area contributed by atoms with Crippen LogP contribution in [0.4, 0.5) is 11.4 Å². The molecule has 32 heavy (non-hydrogen) atoms. The van der Waals surface area contributed by atoms with Gasteiger partial charge >= 0.3 is 0 Å². The largest absolute Gasteiger partial charge is 0.507 e. The molecule has 2 heterocycles. The highest BCUT2D eigenvalue weighted by atomic mass is 16.5. The Balaban J connectivity index is 1.47. The van der Waals surface area contributed by atoms with E-state index >= 15 is 0 Å². The van der Waals surface area contributed by atoms with Crippen LogP contribution in [0.2, 0.25) is 0 Å². The average Bonchev–Trinajstić information content (AvgIpc) is 2.97. The third kappa shape index (κ3) is 2.35. The van der Waals surface area contributed by atoms with Crippen LogP contribution >= 0.6 is 0 Å². The molecule has 4 heteroatoms. The highest BCUT2D eigenvalue weighted by Crippen LogP contribution is 2.54. The van der Waals surface area contributed by atoms with Gasteiger partial charge in [0.25, 0.3) is 0 Å². The summed E-state index contributed by atoms with van der Waals surface area (Å²) in [5.41, 5.74) is 4.09. The summed E-state index contributed by atoms with van der Waals surface area (Å²) in [6.07, 6.45) is 1.96. The summed E-state index contributed by atoms with van der Waals surface area (Å²) in [5.74, 6) is 1.06. The van der Waals surface area contributed by atoms with Crippen LogP contribution in [0.1, 0.15) is 19.4 Å². The lowest BCUT2D eigenvalue weighted by atomic mass is 9.77. The van der Waals surface area contributed by atoms with Crippen molar-refractivity contribution in [2.45, 2.75) is 25.0 Å². The van der Waals surface area contributed by atoms with Crippen molar-refractivity contribution in [3.63, 3.8) is 0 Å². The third-order valence-electron chi connectivity index (χ3n) is 7.14. The molecule has 1 spiro atoms. The van der Waals surface area contributed by atoms with Gasteiger partial charge in [0.1, 0.15) is 17.2 Å². The lowest BCUT2D eigenvalue weighted by molar-refractivity contribution is 0.0826. The summed E-state index contributed by atoms with van der Waals surface area (Å²) < 4.78 is 6.77. The fraction of sp³-hybridized carbons (Fsp3) is 0.179. The summed E-state index contributed by atoms with van der Waals surface area (Å²) in [7, 11) is 2.07. The molecule has 0 saturated carbocycles. The molecule has 1 atom stereocenters. The first-order chi connectivity index (χ1) is 15.4. The number of fused-ring (bicyclic) bond motifs is 4. The number of phenols is 1. The highest BCUT2D eigenvalue weighted by molar-refractivity contribution is 6.01. The number of phenolic OH excluding ortho intramolecular Hbond substituents is 1. The van der Waals surface area contributed by atoms with Crippen molar-refractivity contribution in [3.8, 4) is 22.6 Å². The van der Waals surface area contributed by atoms with Gasteiger partial charge in [0.05, 0.1) is 11.6 Å². The second kappa shape index (κ2) is 6.36. The van der Waals surface area contributed by atoms with E-state index < -0.39 is 5.72 Å². The molecule has 4 aromatic rings. The Labute approximate surface area is 187 Å². The predicted octanol–water partition coefficient (Wildman–Crippen LogP) is 6.43. The molecule has 6 rings (SSSR count). The molecule has 4 aromatic carbocycles. The summed E-state index contributed by atoms with van der Waals surface area (Å²) in [6.45, 7) is 4.43. The maximum Gasteiger partial charge on any atom is 0.228 e. The molecule has 0 radical (unpaired) electrons. The number of aromatic hydroxyl groups is 1. The number of likely N-dealkylation sites (N-methyl/N-ethyl adjacent to an activating group) is 1. The Morgan fingerprint density at radius 3 is 2.50 bits per heavy atom. The Hall–Kier alpha value is -3.79. The second-order valence-corrected chi connectivity index (χ2v) is 9.12. The molecule has 1 N–H and O–H groups in total. The van der Waals surface area contributed by atoms with E-state index in [0.29, 0.717) is 0 Å². The molecule has 0 fully saturated rings. The lowest BCUT2D eigenvalue weighted by Gasteiger charge is -2.45. The summed E-state index contributed by atoms with van der Waals surface area (Å²) >= 11 is 0. The smallest absolute Gasteiger partial charge is 0.228 e. The quantitative estimate of drug-likeness (QED) is 0.386. The zero-order chi connectivity index (χ0) is 22.1. The van der Waals surface area contributed by atoms with Gasteiger partial charge < -0.3 is 14.7 Å². The molecule has 0 aromatic heterocycles. The van der Waals surface area contributed by atoms with Gasteiger partial charge in [-0.3, -0.25) is 4.99 Å². The zero-order valence-corrected chi connectivity index (χ0v) is 18.3. The molecule has 1 unspecified atom stereocenters. The predicted molar refractivity (Wildman–Crippen MR) is 130 cm³/mol. The van der Waals surface area contributed by atoms with Gasteiger partial charge in [0.15, 0.2) is 0 Å². The summed E-state index contributed by atoms with van der Waals surface area (Å²) in [5, 5.41) is 12.3. The van der Waals surface area contributed by atoms with E-state index in [1.165, 1.54) is 11.3 Å². The zero-order valence-electron chi connectivity index (χ0n) is 18.3. The third-order valence-corrected chi connectivity index (χ3v) is 7.14. The Kier molecular flexibility index (Phi) is 3.76. The van der Waals surface area contributed by atoms with Crippen LogP contribution < -0.4 is 9.64 Å². The van der Waals surface area contributed by atoms with E-state index in [9.17, 15) is 5.11 Å². The van der Waals surface area contributed by atoms with E-state index in [0.717, 1.165) is 33.3 Å². The average molecular weight is 421 g/mol. The maximum absolute atomic E-state index is 10.2. The maximum atomic E-state index is 10.2. The SMILES string of the molecule is CN1c2ccccc2C(C)(C)C12C=Nc1c(ccc3cc(-c4ccccc4O)ccc13)O2. The van der Waals surface area contributed by atoms with Gasteiger partial charge in [-0.25, -0.2) is 0 Å². The molecule has 0 amide bonds. The Morgan fingerprint density at radius 1 is 0.906 bits per heavy atom. The number of para-hydroxylation sites is 2. The molecule has 158 valence electrons. The van der Waals surface area contributed by atoms with E-state index in [1.807, 2.05) is 36.5 Å². The standard InChI is InChI=1S/C28H24N2O2/c1-27(2)22-9-5-6-10-23(22)30(3)28(27)17-29-26-21-14-12-18(20-8-4-7-11-24(20)31)16-19(21)13-15-25(26)32-28/h4-17,31H,1-3H3. The molecule has 0 aliphatic carbocycles. The first-order valence-corrected chi connectivity index (χ1v) is 10.9. The van der Waals surface area contributed by atoms with Crippen LogP contribution in [-0.4, -0.2) is 24.1 Å². The molecule has 2 aliphatic rings. The minimum Gasteiger partial charge on any atom is -0.507 e. The number of nitrogens with zero attached hydrogens (tertiary/aromatic N) is 2. The molecular weight excluding hydrogens is 396 g/mol. The highest BCUT2D eigenvalue weighted by Gasteiger charge is 2.58. The lowest BCUT2D eigenvalue weighted by Crippen LogP contribution is -2.61. The molecule has 0 saturated heterocycles. The monoisotopic (exact) mass is 420 g/mol. The Bertz CT molecular complexity index is 1420. The number of hydrogen-bond acceptors (Lipinski definition) is 4. The topological polar surface area (TPSA) is 45.1 Å². The number of benzene rings is 4. The minimum atomic E-state index is -0.687. The fourth-order valence-electron chi connectivity index (χ4n) is 5.27. The van der Waals surface area contributed by atoms with Crippen molar-refractivity contribution in [1.82, 2.24) is 0 Å². The minimum absolute atomic E-state index is 0.275. The molecule has 4 nitrogen and oxygen atoms in total. The molecule has 2 aliphatic heterocycles. The van der Waals surface area contributed by atoms with E-state index in [-0.39, 0.29) is 11.2 Å². The van der Waals surface area contributed by atoms with Gasteiger partial charge in [0, 0.05) is 23.7 Å². The normalized spacial score (nSPS) is 20.3. The number of anilines is 1. The van der Waals surface area contributed by atoms with Gasteiger partial charge in [-0.05, 0) is 54.6 Å². The first-order valence-electron chi connectivity index (χ1n) is 10.9. The number of aliphatic imine (C=N–C) groups is 1. The number of rotatable bonds is 1. The van der Waals surface area contributed by atoms with Gasteiger partial charge in [0.2, 0.25) is 5.72 Å². The number of hydrogen-bond donors (Lipinski definition) is 1. The Morgan fingerprint density at radius 2 is 1.69 bits per heavy atom. The second-order valence-electron chi connectivity index (χ2n) is 9.12. The summed E-state index contributed by atoms with van der Waals surface area (Å²) in [4.78, 5) is 7.16. The number of ether oxygens (including phenoxy) is 1. The van der Waals surface area contributed by atoms with Crippen LogP contribution in [-0.2, 0) is 5.41 Å². The van der Waals surface area contributed by atoms with Crippen molar-refractivity contribution < 1.29 is 9.84 Å². The molecular formula is C28H24N2O2. The van der Waals surface area contributed by atoms with Crippen LogP contribution in [0.25, 0.3) is 21.9 Å². The van der Waals surface area contributed by atoms with Crippen molar-refractivity contribution in [2.24, 2.45) is 4.99 Å². The van der Waals surface area contributed by atoms with E-state index in [4.69, 9.17) is 9.73 Å². The first kappa shape index (κ1) is 18.9.